The third-order valence-electron chi connectivity index (χ3n) is 2.30. The molecule has 2 aromatic rings. The first kappa shape index (κ1) is 10.9. The molecule has 0 unspecified atom stereocenters. The lowest BCUT2D eigenvalue weighted by Gasteiger charge is -2.01. The van der Waals surface area contributed by atoms with Gasteiger partial charge in [0.25, 0.3) is 0 Å². The van der Waals surface area contributed by atoms with E-state index in [0.29, 0.717) is 4.88 Å². The fraction of sp³-hybridized carbons (Fsp3) is 0.0833. The largest absolute Gasteiger partial charge is 0.480 e. The highest BCUT2D eigenvalue weighted by Crippen LogP contribution is 2.28. The summed E-state index contributed by atoms with van der Waals surface area (Å²) in [6.45, 7) is 0. The molecule has 1 atom stereocenters. The van der Waals surface area contributed by atoms with Crippen LogP contribution in [0.4, 0.5) is 0 Å². The fourth-order valence-corrected chi connectivity index (χ4v) is 2.33. The highest BCUT2D eigenvalue weighted by atomic mass is 32.1. The molecule has 3 N–H and O–H groups in total. The number of thiophene rings is 1. The summed E-state index contributed by atoms with van der Waals surface area (Å²) in [7, 11) is 0. The maximum Gasteiger partial charge on any atom is 0.325 e. The van der Waals surface area contributed by atoms with E-state index in [-0.39, 0.29) is 0 Å². The van der Waals surface area contributed by atoms with Gasteiger partial charge in [0.05, 0.1) is 0 Å². The molecule has 0 bridgehead atoms. The molecule has 0 fully saturated rings. The van der Waals surface area contributed by atoms with Gasteiger partial charge in [-0.2, -0.15) is 0 Å². The Hall–Kier alpha value is -1.65. The molecule has 0 amide bonds. The summed E-state index contributed by atoms with van der Waals surface area (Å²) >= 11 is 1.37. The number of carbonyl (C=O) groups is 1. The van der Waals surface area contributed by atoms with Gasteiger partial charge in [0.2, 0.25) is 0 Å². The van der Waals surface area contributed by atoms with Gasteiger partial charge in [-0.3, -0.25) is 4.79 Å². The van der Waals surface area contributed by atoms with Gasteiger partial charge in [-0.1, -0.05) is 30.3 Å². The van der Waals surface area contributed by atoms with Crippen molar-refractivity contribution in [2.24, 2.45) is 5.73 Å². The number of benzene rings is 1. The summed E-state index contributed by atoms with van der Waals surface area (Å²) in [5.74, 6) is -0.999. The summed E-state index contributed by atoms with van der Waals surface area (Å²) in [6, 6.07) is 10.7. The third-order valence-corrected chi connectivity index (χ3v) is 3.32. The maximum absolute atomic E-state index is 10.7. The normalized spacial score (nSPS) is 12.3. The second kappa shape index (κ2) is 4.47. The van der Waals surface area contributed by atoms with Crippen LogP contribution in [0.2, 0.25) is 0 Å². The number of nitrogens with two attached hydrogens (primary N) is 1. The molecule has 1 aromatic heterocycles. The Morgan fingerprint density at radius 1 is 1.25 bits per heavy atom. The van der Waals surface area contributed by atoms with Gasteiger partial charge < -0.3 is 10.8 Å². The first-order valence-electron chi connectivity index (χ1n) is 4.80. The Labute approximate surface area is 97.2 Å². The molecule has 3 nitrogen and oxygen atoms in total. The summed E-state index contributed by atoms with van der Waals surface area (Å²) in [6.07, 6.45) is 0. The molecule has 82 valence electrons. The van der Waals surface area contributed by atoms with Crippen molar-refractivity contribution in [2.45, 2.75) is 6.04 Å². The zero-order valence-corrected chi connectivity index (χ0v) is 9.28. The summed E-state index contributed by atoms with van der Waals surface area (Å²) in [5, 5.41) is 10.7. The number of carboxylic acids is 1. The number of carboxylic acid groups (broad SMARTS) is 1. The molecule has 0 aliphatic heterocycles. The molecule has 4 heteroatoms. The zero-order valence-electron chi connectivity index (χ0n) is 8.46. The smallest absolute Gasteiger partial charge is 0.325 e. The SMILES string of the molecule is N[C@H](C(=O)O)c1cc(-c2ccccc2)cs1. The van der Waals surface area contributed by atoms with Crippen molar-refractivity contribution < 1.29 is 9.90 Å². The van der Waals surface area contributed by atoms with E-state index < -0.39 is 12.0 Å². The average Bonchev–Trinajstić information content (AvgIpc) is 2.78. The van der Waals surface area contributed by atoms with Crippen LogP contribution < -0.4 is 5.73 Å². The van der Waals surface area contributed by atoms with Crippen molar-refractivity contribution in [2.75, 3.05) is 0 Å². The van der Waals surface area contributed by atoms with Gasteiger partial charge in [0.15, 0.2) is 0 Å². The summed E-state index contributed by atoms with van der Waals surface area (Å²) in [4.78, 5) is 11.4. The molecular weight excluding hydrogens is 222 g/mol. The zero-order chi connectivity index (χ0) is 11.5. The lowest BCUT2D eigenvalue weighted by Crippen LogP contribution is -2.19. The van der Waals surface area contributed by atoms with Crippen molar-refractivity contribution in [3.63, 3.8) is 0 Å². The van der Waals surface area contributed by atoms with Crippen molar-refractivity contribution in [3.05, 3.63) is 46.7 Å². The van der Waals surface area contributed by atoms with Crippen LogP contribution >= 0.6 is 11.3 Å². The molecule has 0 saturated carbocycles. The van der Waals surface area contributed by atoms with E-state index >= 15 is 0 Å². The Kier molecular flexibility index (Phi) is 3.03. The number of aliphatic carboxylic acids is 1. The predicted molar refractivity (Wildman–Crippen MR) is 64.3 cm³/mol. The second-order valence-corrected chi connectivity index (χ2v) is 4.36. The number of hydrogen-bond acceptors (Lipinski definition) is 3. The molecule has 0 radical (unpaired) electrons. The molecule has 1 aromatic carbocycles. The maximum atomic E-state index is 10.7. The van der Waals surface area contributed by atoms with E-state index in [0.717, 1.165) is 11.1 Å². The van der Waals surface area contributed by atoms with Gasteiger partial charge in [-0.25, -0.2) is 0 Å². The molecule has 1 heterocycles. The third kappa shape index (κ3) is 2.13. The van der Waals surface area contributed by atoms with E-state index in [2.05, 4.69) is 0 Å². The van der Waals surface area contributed by atoms with Crippen LogP contribution in [0.15, 0.2) is 41.8 Å². The van der Waals surface area contributed by atoms with Crippen molar-refractivity contribution >= 4 is 17.3 Å². The van der Waals surface area contributed by atoms with Gasteiger partial charge in [0.1, 0.15) is 6.04 Å². The minimum atomic E-state index is -0.999. The lowest BCUT2D eigenvalue weighted by atomic mass is 10.1. The molecule has 0 spiro atoms. The molecule has 16 heavy (non-hydrogen) atoms. The van der Waals surface area contributed by atoms with Crippen LogP contribution in [-0.4, -0.2) is 11.1 Å². The Balaban J connectivity index is 2.30. The van der Waals surface area contributed by atoms with Crippen molar-refractivity contribution in [1.82, 2.24) is 0 Å². The molecule has 0 aliphatic rings. The second-order valence-electron chi connectivity index (χ2n) is 3.42. The fourth-order valence-electron chi connectivity index (χ4n) is 1.42. The van der Waals surface area contributed by atoms with E-state index in [1.807, 2.05) is 41.8 Å². The lowest BCUT2D eigenvalue weighted by molar-refractivity contribution is -0.138. The van der Waals surface area contributed by atoms with Crippen LogP contribution in [0, 0.1) is 0 Å². The van der Waals surface area contributed by atoms with Gasteiger partial charge in [-0.15, -0.1) is 11.3 Å². The average molecular weight is 233 g/mol. The first-order chi connectivity index (χ1) is 7.68. The monoisotopic (exact) mass is 233 g/mol. The summed E-state index contributed by atoms with van der Waals surface area (Å²) < 4.78 is 0. The van der Waals surface area contributed by atoms with Crippen LogP contribution in [0.1, 0.15) is 10.9 Å². The van der Waals surface area contributed by atoms with Crippen LogP contribution in [0.25, 0.3) is 11.1 Å². The van der Waals surface area contributed by atoms with Crippen molar-refractivity contribution in [1.29, 1.82) is 0 Å². The van der Waals surface area contributed by atoms with E-state index in [4.69, 9.17) is 10.8 Å². The Morgan fingerprint density at radius 3 is 2.56 bits per heavy atom. The highest BCUT2D eigenvalue weighted by Gasteiger charge is 2.16. The van der Waals surface area contributed by atoms with Crippen LogP contribution in [0.5, 0.6) is 0 Å². The Bertz CT molecular complexity index is 493. The molecular formula is C12H11NO2S. The van der Waals surface area contributed by atoms with E-state index in [1.165, 1.54) is 11.3 Å². The minimum absolute atomic E-state index is 0.673. The summed E-state index contributed by atoms with van der Waals surface area (Å²) in [5.41, 5.74) is 7.62. The topological polar surface area (TPSA) is 63.3 Å². The molecule has 0 saturated heterocycles. The van der Waals surface area contributed by atoms with Gasteiger partial charge in [0, 0.05) is 4.88 Å². The quantitative estimate of drug-likeness (QED) is 0.856. The Morgan fingerprint density at radius 2 is 1.94 bits per heavy atom. The predicted octanol–water partition coefficient (Wildman–Crippen LogP) is 2.50. The van der Waals surface area contributed by atoms with Crippen LogP contribution in [0.3, 0.4) is 0 Å². The molecule has 0 aliphatic carbocycles. The van der Waals surface area contributed by atoms with E-state index in [1.54, 1.807) is 0 Å². The standard InChI is InChI=1S/C12H11NO2S/c13-11(12(14)15)10-6-9(7-16-10)8-4-2-1-3-5-8/h1-7,11H,13H2,(H,14,15)/t11-/m0/s1. The first-order valence-corrected chi connectivity index (χ1v) is 5.68. The highest BCUT2D eigenvalue weighted by molar-refractivity contribution is 7.10. The van der Waals surface area contributed by atoms with E-state index in [9.17, 15) is 4.79 Å². The van der Waals surface area contributed by atoms with Gasteiger partial charge in [-0.05, 0) is 22.6 Å². The minimum Gasteiger partial charge on any atom is -0.480 e. The number of rotatable bonds is 3. The molecule has 2 rings (SSSR count). The van der Waals surface area contributed by atoms with Gasteiger partial charge >= 0.3 is 5.97 Å². The van der Waals surface area contributed by atoms with Crippen molar-refractivity contribution in [3.8, 4) is 11.1 Å². The number of hydrogen-bond donors (Lipinski definition) is 2. The van der Waals surface area contributed by atoms with Crippen LogP contribution in [-0.2, 0) is 4.79 Å².